The van der Waals surface area contributed by atoms with Crippen molar-refractivity contribution in [3.05, 3.63) is 34.0 Å². The molecule has 0 aliphatic heterocycles. The molecule has 0 unspecified atom stereocenters. The molecule has 0 aliphatic carbocycles. The van der Waals surface area contributed by atoms with Crippen LogP contribution in [0.3, 0.4) is 0 Å². The van der Waals surface area contributed by atoms with Crippen LogP contribution in [0.2, 0.25) is 5.15 Å². The Morgan fingerprint density at radius 1 is 1.50 bits per heavy atom. The smallest absolute Gasteiger partial charge is 0.150 e. The van der Waals surface area contributed by atoms with Gasteiger partial charge in [-0.2, -0.15) is 0 Å². The largest absolute Gasteiger partial charge is 0.286 e. The minimum absolute atomic E-state index is 0.344. The van der Waals surface area contributed by atoms with E-state index in [1.807, 2.05) is 0 Å². The van der Waals surface area contributed by atoms with Gasteiger partial charge >= 0.3 is 0 Å². The minimum atomic E-state index is -0.344. The first kappa shape index (κ1) is 8.01. The van der Waals surface area contributed by atoms with Gasteiger partial charge in [0.1, 0.15) is 27.4 Å². The molecule has 0 aliphatic rings. The molecule has 2 aromatic rings. The Morgan fingerprint density at radius 2 is 2.25 bits per heavy atom. The molecule has 0 saturated carbocycles. The van der Waals surface area contributed by atoms with Crippen molar-refractivity contribution in [1.82, 2.24) is 9.38 Å². The van der Waals surface area contributed by atoms with Gasteiger partial charge in [-0.25, -0.2) is 9.37 Å². The highest BCUT2D eigenvalue weighted by molar-refractivity contribution is 9.10. The van der Waals surface area contributed by atoms with Crippen molar-refractivity contribution in [2.24, 2.45) is 0 Å². The maximum Gasteiger partial charge on any atom is 0.150 e. The molecule has 0 saturated heterocycles. The number of rotatable bonds is 0. The van der Waals surface area contributed by atoms with E-state index in [4.69, 9.17) is 11.6 Å². The summed E-state index contributed by atoms with van der Waals surface area (Å²) in [5.74, 6) is -0.344. The molecule has 0 aromatic carbocycles. The summed E-state index contributed by atoms with van der Waals surface area (Å²) in [6.45, 7) is 0. The molecule has 0 N–H and O–H groups in total. The van der Waals surface area contributed by atoms with Gasteiger partial charge in [0, 0.05) is 0 Å². The van der Waals surface area contributed by atoms with Crippen LogP contribution >= 0.6 is 27.5 Å². The van der Waals surface area contributed by atoms with Crippen LogP contribution in [0.4, 0.5) is 4.39 Å². The van der Waals surface area contributed by atoms with Crippen molar-refractivity contribution >= 4 is 33.0 Å². The topological polar surface area (TPSA) is 17.3 Å². The van der Waals surface area contributed by atoms with Gasteiger partial charge in [0.05, 0.1) is 0 Å². The molecular weight excluding hydrogens is 246 g/mol. The zero-order valence-electron chi connectivity index (χ0n) is 5.76. The van der Waals surface area contributed by atoms with Crippen molar-refractivity contribution in [3.8, 4) is 0 Å². The maximum atomic E-state index is 13.1. The summed E-state index contributed by atoms with van der Waals surface area (Å²) in [4.78, 5) is 3.87. The van der Waals surface area contributed by atoms with Gasteiger partial charge in [-0.05, 0) is 28.1 Å². The third-order valence-electron chi connectivity index (χ3n) is 1.55. The lowest BCUT2D eigenvalue weighted by atomic mass is 10.4. The second-order valence-electron chi connectivity index (χ2n) is 2.26. The molecule has 0 amide bonds. The predicted octanol–water partition coefficient (Wildman–Crippen LogP) is 2.89. The van der Waals surface area contributed by atoms with E-state index in [2.05, 4.69) is 20.9 Å². The number of fused-ring (bicyclic) bond motifs is 1. The van der Waals surface area contributed by atoms with E-state index < -0.39 is 0 Å². The highest BCUT2D eigenvalue weighted by Crippen LogP contribution is 2.22. The van der Waals surface area contributed by atoms with Crippen LogP contribution in [0.25, 0.3) is 5.52 Å². The quantitative estimate of drug-likeness (QED) is 0.656. The van der Waals surface area contributed by atoms with Gasteiger partial charge in [0.2, 0.25) is 0 Å². The average Bonchev–Trinajstić information content (AvgIpc) is 2.42. The van der Waals surface area contributed by atoms with Crippen LogP contribution in [0.15, 0.2) is 23.1 Å². The molecule has 2 heterocycles. The van der Waals surface area contributed by atoms with Gasteiger partial charge in [-0.3, -0.25) is 4.40 Å². The minimum Gasteiger partial charge on any atom is -0.286 e. The predicted molar refractivity (Wildman–Crippen MR) is 47.9 cm³/mol. The molecule has 0 fully saturated rings. The van der Waals surface area contributed by atoms with E-state index in [1.54, 1.807) is 0 Å². The van der Waals surface area contributed by atoms with E-state index in [9.17, 15) is 4.39 Å². The Balaban J connectivity index is 2.98. The summed E-state index contributed by atoms with van der Waals surface area (Å²) >= 11 is 8.90. The van der Waals surface area contributed by atoms with Gasteiger partial charge in [-0.15, -0.1) is 0 Å². The van der Waals surface area contributed by atoms with Crippen LogP contribution in [-0.4, -0.2) is 9.38 Å². The van der Waals surface area contributed by atoms with Crippen LogP contribution in [0.1, 0.15) is 0 Å². The zero-order valence-corrected chi connectivity index (χ0v) is 8.10. The third-order valence-corrected chi connectivity index (χ3v) is 2.43. The normalized spacial score (nSPS) is 10.9. The van der Waals surface area contributed by atoms with E-state index in [0.29, 0.717) is 15.3 Å². The second kappa shape index (κ2) is 2.71. The van der Waals surface area contributed by atoms with E-state index in [1.165, 1.54) is 22.9 Å². The van der Waals surface area contributed by atoms with Gasteiger partial charge in [0.15, 0.2) is 0 Å². The van der Waals surface area contributed by atoms with Crippen molar-refractivity contribution in [1.29, 1.82) is 0 Å². The molecule has 2 rings (SSSR count). The lowest BCUT2D eigenvalue weighted by molar-refractivity contribution is 0.633. The van der Waals surface area contributed by atoms with Crippen molar-refractivity contribution in [2.75, 3.05) is 0 Å². The summed E-state index contributed by atoms with van der Waals surface area (Å²) in [6, 6.07) is 2.79. The fraction of sp³-hybridized carbons (Fsp3) is 0. The molecule has 2 nitrogen and oxygen atoms in total. The maximum absolute atomic E-state index is 13.1. The number of pyridine rings is 1. The molecule has 0 spiro atoms. The van der Waals surface area contributed by atoms with E-state index in [0.717, 1.165) is 0 Å². The Labute approximate surface area is 81.1 Å². The number of nitrogens with zero attached hydrogens (tertiary/aromatic N) is 2. The van der Waals surface area contributed by atoms with E-state index >= 15 is 0 Å². The van der Waals surface area contributed by atoms with E-state index in [-0.39, 0.29) is 5.82 Å². The van der Waals surface area contributed by atoms with Crippen LogP contribution < -0.4 is 0 Å². The molecule has 12 heavy (non-hydrogen) atoms. The summed E-state index contributed by atoms with van der Waals surface area (Å²) in [5.41, 5.74) is 0.363. The Kier molecular flexibility index (Phi) is 1.81. The third kappa shape index (κ3) is 1.03. The molecule has 0 atom stereocenters. The second-order valence-corrected chi connectivity index (χ2v) is 3.40. The van der Waals surface area contributed by atoms with Crippen molar-refractivity contribution in [3.63, 3.8) is 0 Å². The Morgan fingerprint density at radius 3 is 2.92 bits per heavy atom. The zero-order chi connectivity index (χ0) is 8.72. The lowest BCUT2D eigenvalue weighted by Crippen LogP contribution is -1.87. The van der Waals surface area contributed by atoms with Gasteiger partial charge in [0.25, 0.3) is 0 Å². The molecule has 62 valence electrons. The summed E-state index contributed by atoms with van der Waals surface area (Å²) in [6.07, 6.45) is 1.46. The summed E-state index contributed by atoms with van der Waals surface area (Å²) < 4.78 is 15.0. The number of aromatic nitrogens is 2. The van der Waals surface area contributed by atoms with Crippen LogP contribution in [0.5, 0.6) is 0 Å². The standard InChI is InChI=1S/C7H3BrClFN2/c8-7-6-4(10)1-2-5(9)12(6)3-11-7/h1-3H. The first-order valence-electron chi connectivity index (χ1n) is 3.16. The Bertz CT molecular complexity index is 440. The van der Waals surface area contributed by atoms with Gasteiger partial charge < -0.3 is 0 Å². The highest BCUT2D eigenvalue weighted by atomic mass is 79.9. The lowest BCUT2D eigenvalue weighted by Gasteiger charge is -1.97. The molecule has 0 bridgehead atoms. The number of imidazole rings is 1. The average molecular weight is 249 g/mol. The first-order valence-corrected chi connectivity index (χ1v) is 4.34. The van der Waals surface area contributed by atoms with Crippen LogP contribution in [0, 0.1) is 5.82 Å². The molecule has 5 heteroatoms. The fourth-order valence-electron chi connectivity index (χ4n) is 1.00. The number of hydrogen-bond acceptors (Lipinski definition) is 1. The van der Waals surface area contributed by atoms with Crippen molar-refractivity contribution in [2.45, 2.75) is 0 Å². The molecule has 0 radical (unpaired) electrons. The molecular formula is C7H3BrClFN2. The summed E-state index contributed by atoms with van der Waals surface area (Å²) in [7, 11) is 0. The molecule has 2 aromatic heterocycles. The summed E-state index contributed by atoms with van der Waals surface area (Å²) in [5, 5.41) is 0.435. The van der Waals surface area contributed by atoms with Crippen LogP contribution in [-0.2, 0) is 0 Å². The Hall–Kier alpha value is -0.610. The first-order chi connectivity index (χ1) is 5.70. The number of hydrogen-bond donors (Lipinski definition) is 0. The van der Waals surface area contributed by atoms with Crippen molar-refractivity contribution < 1.29 is 4.39 Å². The highest BCUT2D eigenvalue weighted by Gasteiger charge is 2.08. The monoisotopic (exact) mass is 248 g/mol. The fourth-order valence-corrected chi connectivity index (χ4v) is 1.67. The SMILES string of the molecule is Fc1ccc(Cl)n2cnc(Br)c12. The number of halogens is 3. The van der Waals surface area contributed by atoms with Gasteiger partial charge in [-0.1, -0.05) is 11.6 Å².